The largest absolute Gasteiger partial charge is 0.304 e. The summed E-state index contributed by atoms with van der Waals surface area (Å²) in [4.78, 5) is 17.6. The van der Waals surface area contributed by atoms with Crippen molar-refractivity contribution in [1.82, 2.24) is 0 Å². The lowest BCUT2D eigenvalue weighted by Gasteiger charge is -2.13. The van der Waals surface area contributed by atoms with E-state index in [1.54, 1.807) is 22.3 Å². The van der Waals surface area contributed by atoms with Gasteiger partial charge in [0.2, 0.25) is 0 Å². The van der Waals surface area contributed by atoms with E-state index in [0.29, 0.717) is 0 Å². The first-order valence-corrected chi connectivity index (χ1v) is 13.2. The standard InChI is InChI=1S/C10H12.C9H10.2C2H4O.4C2H6.CH4/c1-2-6-10-8-4-3-7-9(10)5-1;1-2-5-9-7-3-6-8(9)4-1;2*1-2-3;4*1-2;/h1-2,5-6H,3-4,7-8H2;1-2,4-5H,3,6-7H2;2*2H,1H3;4*1-2H3;1H4. The summed E-state index contributed by atoms with van der Waals surface area (Å²) >= 11 is 0. The molecule has 2 nitrogen and oxygen atoms in total. The zero-order valence-corrected chi connectivity index (χ0v) is 23.5. The molecule has 0 unspecified atom stereocenters. The number of hydrogen-bond acceptors (Lipinski definition) is 2. The number of carbonyl (C=O) groups is 2. The number of aryl methyl sites for hydroxylation is 4. The maximum atomic E-state index is 8.81. The third kappa shape index (κ3) is 23.0. The predicted octanol–water partition coefficient (Wildman–Crippen LogP) is 9.89. The minimum Gasteiger partial charge on any atom is -0.304 e. The molecule has 0 radical (unpaired) electrons. The van der Waals surface area contributed by atoms with Crippen molar-refractivity contribution in [1.29, 1.82) is 0 Å². The van der Waals surface area contributed by atoms with Crippen LogP contribution in [-0.2, 0) is 35.3 Å². The van der Waals surface area contributed by atoms with Crippen molar-refractivity contribution in [3.8, 4) is 0 Å². The Hall–Kier alpha value is -2.22. The van der Waals surface area contributed by atoms with E-state index in [-0.39, 0.29) is 7.43 Å². The fourth-order valence-corrected chi connectivity index (χ4v) is 3.19. The Kier molecular flexibility index (Phi) is 47.0. The van der Waals surface area contributed by atoms with Crippen LogP contribution in [0.1, 0.15) is 118 Å². The number of aldehydes is 2. The molecule has 2 heteroatoms. The Morgan fingerprint density at radius 3 is 0.853 bits per heavy atom. The van der Waals surface area contributed by atoms with Gasteiger partial charge in [0, 0.05) is 0 Å². The molecule has 2 aromatic rings. The van der Waals surface area contributed by atoms with E-state index in [4.69, 9.17) is 9.59 Å². The number of rotatable bonds is 0. The van der Waals surface area contributed by atoms with Crippen LogP contribution in [0.3, 0.4) is 0 Å². The van der Waals surface area contributed by atoms with Gasteiger partial charge in [0.05, 0.1) is 0 Å². The third-order valence-corrected chi connectivity index (χ3v) is 4.27. The fraction of sp³-hybridized carbons (Fsp3) is 0.562. The van der Waals surface area contributed by atoms with Crippen molar-refractivity contribution in [3.05, 3.63) is 70.8 Å². The molecule has 0 heterocycles. The molecular weight excluding hydrogens is 416 g/mol. The maximum Gasteiger partial charge on any atom is 0.116 e. The Balaban J connectivity index is -0.000000108. The van der Waals surface area contributed by atoms with Gasteiger partial charge in [0.25, 0.3) is 0 Å². The molecule has 2 aliphatic rings. The highest BCUT2D eigenvalue weighted by Gasteiger charge is 2.07. The van der Waals surface area contributed by atoms with Gasteiger partial charge in [0.1, 0.15) is 12.6 Å². The zero-order valence-electron chi connectivity index (χ0n) is 23.5. The highest BCUT2D eigenvalue weighted by atomic mass is 16.1. The smallest absolute Gasteiger partial charge is 0.116 e. The first kappa shape index (κ1) is 42.0. The SMILES string of the molecule is C.CC.CC.CC.CC.CC=O.CC=O.c1ccc2c(c1)CCC2.c1ccc2c(c1)CCCC2. The van der Waals surface area contributed by atoms with Gasteiger partial charge in [-0.3, -0.25) is 0 Å². The van der Waals surface area contributed by atoms with Crippen LogP contribution in [0.5, 0.6) is 0 Å². The highest BCUT2D eigenvalue weighted by molar-refractivity contribution is 5.44. The van der Waals surface area contributed by atoms with Crippen molar-refractivity contribution in [2.75, 3.05) is 0 Å². The van der Waals surface area contributed by atoms with E-state index >= 15 is 0 Å². The van der Waals surface area contributed by atoms with Crippen molar-refractivity contribution in [3.63, 3.8) is 0 Å². The Morgan fingerprint density at radius 2 is 0.647 bits per heavy atom. The number of benzene rings is 2. The first-order chi connectivity index (χ1) is 16.3. The van der Waals surface area contributed by atoms with Crippen LogP contribution in [-0.4, -0.2) is 12.6 Å². The lowest BCUT2D eigenvalue weighted by atomic mass is 9.92. The van der Waals surface area contributed by atoms with E-state index < -0.39 is 0 Å². The van der Waals surface area contributed by atoms with Crippen LogP contribution in [0.15, 0.2) is 48.5 Å². The van der Waals surface area contributed by atoms with Crippen LogP contribution in [0.4, 0.5) is 0 Å². The van der Waals surface area contributed by atoms with Gasteiger partial charge >= 0.3 is 0 Å². The zero-order chi connectivity index (χ0) is 26.3. The molecule has 2 aromatic carbocycles. The molecule has 0 fully saturated rings. The molecule has 0 amide bonds. The maximum absolute atomic E-state index is 8.81. The second kappa shape index (κ2) is 38.1. The molecule has 4 rings (SSSR count). The Morgan fingerprint density at radius 1 is 0.471 bits per heavy atom. The molecule has 0 bridgehead atoms. The van der Waals surface area contributed by atoms with Crippen molar-refractivity contribution in [2.45, 2.75) is 122 Å². The van der Waals surface area contributed by atoms with E-state index in [0.717, 1.165) is 12.6 Å². The van der Waals surface area contributed by atoms with E-state index in [2.05, 4.69) is 48.5 Å². The monoisotopic (exact) mass is 474 g/mol. The molecule has 0 aliphatic heterocycles. The van der Waals surface area contributed by atoms with Gasteiger partial charge < -0.3 is 9.59 Å². The van der Waals surface area contributed by atoms with Crippen molar-refractivity contribution in [2.24, 2.45) is 0 Å². The van der Waals surface area contributed by atoms with Gasteiger partial charge in [0.15, 0.2) is 0 Å². The van der Waals surface area contributed by atoms with Crippen LogP contribution >= 0.6 is 0 Å². The summed E-state index contributed by atoms with van der Waals surface area (Å²) in [6.45, 7) is 18.9. The lowest BCUT2D eigenvalue weighted by molar-refractivity contribution is -0.106. The van der Waals surface area contributed by atoms with E-state index in [1.165, 1.54) is 58.8 Å². The predicted molar refractivity (Wildman–Crippen MR) is 157 cm³/mol. The average Bonchev–Trinajstić information content (AvgIpc) is 3.39. The molecule has 34 heavy (non-hydrogen) atoms. The van der Waals surface area contributed by atoms with Crippen LogP contribution in [0.2, 0.25) is 0 Å². The number of hydrogen-bond donors (Lipinski definition) is 0. The summed E-state index contributed by atoms with van der Waals surface area (Å²) in [5.74, 6) is 0. The summed E-state index contributed by atoms with van der Waals surface area (Å²) in [6.07, 6.45) is 10.8. The summed E-state index contributed by atoms with van der Waals surface area (Å²) in [7, 11) is 0. The van der Waals surface area contributed by atoms with Crippen molar-refractivity contribution >= 4 is 12.6 Å². The lowest BCUT2D eigenvalue weighted by Crippen LogP contribution is -2.00. The summed E-state index contributed by atoms with van der Waals surface area (Å²) in [5, 5.41) is 0. The quantitative estimate of drug-likeness (QED) is 0.356. The summed E-state index contributed by atoms with van der Waals surface area (Å²) in [5.41, 5.74) is 6.29. The number of fused-ring (bicyclic) bond motifs is 2. The molecular formula is C32H58O2. The summed E-state index contributed by atoms with van der Waals surface area (Å²) in [6, 6.07) is 17.5. The first-order valence-electron chi connectivity index (χ1n) is 13.2. The van der Waals surface area contributed by atoms with Gasteiger partial charge in [-0.1, -0.05) is 111 Å². The van der Waals surface area contributed by atoms with E-state index in [9.17, 15) is 0 Å². The normalized spacial score (nSPS) is 10.4. The topological polar surface area (TPSA) is 34.1 Å². The number of carbonyl (C=O) groups excluding carboxylic acids is 2. The Labute approximate surface area is 214 Å². The molecule has 0 spiro atoms. The van der Waals surface area contributed by atoms with Crippen molar-refractivity contribution < 1.29 is 9.59 Å². The van der Waals surface area contributed by atoms with E-state index in [1.807, 2.05) is 55.4 Å². The third-order valence-electron chi connectivity index (χ3n) is 4.27. The van der Waals surface area contributed by atoms with Gasteiger partial charge in [-0.15, -0.1) is 0 Å². The van der Waals surface area contributed by atoms with Crippen LogP contribution < -0.4 is 0 Å². The minimum atomic E-state index is 0. The molecule has 0 saturated carbocycles. The van der Waals surface area contributed by atoms with Crippen LogP contribution in [0.25, 0.3) is 0 Å². The Bertz CT molecular complexity index is 578. The van der Waals surface area contributed by atoms with Gasteiger partial charge in [-0.2, -0.15) is 0 Å². The van der Waals surface area contributed by atoms with Gasteiger partial charge in [-0.05, 0) is 81.0 Å². The second-order valence-corrected chi connectivity index (χ2v) is 6.07. The average molecular weight is 475 g/mol. The molecule has 0 saturated heterocycles. The molecule has 0 N–H and O–H groups in total. The van der Waals surface area contributed by atoms with Gasteiger partial charge in [-0.25, -0.2) is 0 Å². The second-order valence-electron chi connectivity index (χ2n) is 6.07. The molecule has 0 aromatic heterocycles. The fourth-order valence-electron chi connectivity index (χ4n) is 3.19. The van der Waals surface area contributed by atoms with Crippen LogP contribution in [0, 0.1) is 0 Å². The molecule has 198 valence electrons. The summed E-state index contributed by atoms with van der Waals surface area (Å²) < 4.78 is 0. The minimum absolute atomic E-state index is 0. The highest BCUT2D eigenvalue weighted by Crippen LogP contribution is 2.20. The molecule has 2 aliphatic carbocycles. The molecule has 0 atom stereocenters.